The van der Waals surface area contributed by atoms with Crippen molar-refractivity contribution >= 4 is 34.6 Å². The van der Waals surface area contributed by atoms with Gasteiger partial charge in [-0.05, 0) is 26.0 Å². The predicted octanol–water partition coefficient (Wildman–Crippen LogP) is 2.46. The van der Waals surface area contributed by atoms with Gasteiger partial charge >= 0.3 is 12.2 Å². The summed E-state index contributed by atoms with van der Waals surface area (Å²) >= 11 is 0.916. The number of rotatable bonds is 5. The van der Waals surface area contributed by atoms with Crippen LogP contribution in [0.4, 0.5) is 18.0 Å². The number of halogens is 3. The molecule has 2 N–H and O–H groups in total. The molecule has 0 bridgehead atoms. The minimum absolute atomic E-state index is 0.227. The molecule has 0 saturated carbocycles. The Hall–Kier alpha value is -2.56. The summed E-state index contributed by atoms with van der Waals surface area (Å²) in [5.41, 5.74) is 0.201. The Bertz CT molecular complexity index is 912. The highest BCUT2D eigenvalue weighted by Crippen LogP contribution is 2.20. The predicted molar refractivity (Wildman–Crippen MR) is 94.7 cm³/mol. The number of urea groups is 1. The first-order valence-corrected chi connectivity index (χ1v) is 8.85. The molecule has 146 valence electrons. The minimum atomic E-state index is -4.57. The van der Waals surface area contributed by atoms with Crippen LogP contribution >= 0.6 is 11.8 Å². The maximum absolute atomic E-state index is 12.6. The van der Waals surface area contributed by atoms with Crippen molar-refractivity contribution in [1.29, 1.82) is 0 Å². The van der Waals surface area contributed by atoms with Gasteiger partial charge in [0.05, 0.1) is 16.7 Å². The number of carbonyl (C=O) groups excluding carboxylic acids is 2. The van der Waals surface area contributed by atoms with E-state index in [9.17, 15) is 27.6 Å². The highest BCUT2D eigenvalue weighted by Gasteiger charge is 2.28. The molecular weight excluding hydrogens is 385 g/mol. The Labute approximate surface area is 156 Å². The van der Waals surface area contributed by atoms with Crippen LogP contribution in [0, 0.1) is 0 Å². The van der Waals surface area contributed by atoms with Crippen LogP contribution in [0.1, 0.15) is 19.9 Å². The Balaban J connectivity index is 2.10. The van der Waals surface area contributed by atoms with Gasteiger partial charge in [-0.1, -0.05) is 23.9 Å². The third kappa shape index (κ3) is 5.71. The first kappa shape index (κ1) is 20.7. The number of thioether (sulfide) groups is 1. The van der Waals surface area contributed by atoms with E-state index in [1.807, 2.05) is 0 Å². The van der Waals surface area contributed by atoms with Crippen LogP contribution in [-0.2, 0) is 4.79 Å². The van der Waals surface area contributed by atoms with E-state index in [-0.39, 0.29) is 22.5 Å². The molecule has 2 aromatic rings. The number of carbonyl (C=O) groups is 2. The van der Waals surface area contributed by atoms with Crippen LogP contribution in [0.5, 0.6) is 0 Å². The highest BCUT2D eigenvalue weighted by atomic mass is 32.2. The van der Waals surface area contributed by atoms with Crippen molar-refractivity contribution in [2.75, 3.05) is 12.3 Å². The molecule has 0 atom stereocenters. The second-order valence-electron chi connectivity index (χ2n) is 5.82. The van der Waals surface area contributed by atoms with Crippen LogP contribution in [0.15, 0.2) is 34.2 Å². The van der Waals surface area contributed by atoms with E-state index in [4.69, 9.17) is 0 Å². The van der Waals surface area contributed by atoms with Gasteiger partial charge in [-0.3, -0.25) is 19.5 Å². The molecule has 27 heavy (non-hydrogen) atoms. The number of hydrogen-bond donors (Lipinski definition) is 2. The van der Waals surface area contributed by atoms with Gasteiger partial charge in [0.2, 0.25) is 5.91 Å². The van der Waals surface area contributed by atoms with E-state index in [1.54, 1.807) is 43.4 Å². The zero-order valence-corrected chi connectivity index (χ0v) is 15.3. The maximum atomic E-state index is 12.6. The van der Waals surface area contributed by atoms with Gasteiger partial charge in [0, 0.05) is 6.04 Å². The van der Waals surface area contributed by atoms with E-state index in [0.717, 1.165) is 11.8 Å². The van der Waals surface area contributed by atoms with Crippen LogP contribution in [-0.4, -0.2) is 40.0 Å². The molecule has 1 aromatic carbocycles. The van der Waals surface area contributed by atoms with Gasteiger partial charge in [0.25, 0.3) is 5.56 Å². The lowest BCUT2D eigenvalue weighted by Crippen LogP contribution is -2.44. The number of imide groups is 1. The van der Waals surface area contributed by atoms with Gasteiger partial charge in [-0.2, -0.15) is 13.2 Å². The van der Waals surface area contributed by atoms with Gasteiger partial charge < -0.3 is 5.32 Å². The summed E-state index contributed by atoms with van der Waals surface area (Å²) in [4.78, 5) is 40.1. The summed E-state index contributed by atoms with van der Waals surface area (Å²) in [6, 6.07) is 5.28. The van der Waals surface area contributed by atoms with Gasteiger partial charge in [-0.15, -0.1) is 0 Å². The third-order valence-electron chi connectivity index (χ3n) is 3.33. The van der Waals surface area contributed by atoms with Gasteiger partial charge in [0.15, 0.2) is 5.16 Å². The molecule has 2 rings (SSSR count). The molecule has 3 amide bonds. The maximum Gasteiger partial charge on any atom is 0.405 e. The molecule has 0 fully saturated rings. The molecule has 0 aliphatic carbocycles. The Kier molecular flexibility index (Phi) is 6.47. The number of nitrogens with one attached hydrogen (secondary N) is 2. The first-order chi connectivity index (χ1) is 12.6. The van der Waals surface area contributed by atoms with Crippen LogP contribution in [0.2, 0.25) is 0 Å². The topological polar surface area (TPSA) is 93.1 Å². The summed E-state index contributed by atoms with van der Waals surface area (Å²) in [5, 5.41) is 4.05. The lowest BCUT2D eigenvalue weighted by atomic mass is 10.2. The van der Waals surface area contributed by atoms with Crippen molar-refractivity contribution in [3.05, 3.63) is 34.6 Å². The van der Waals surface area contributed by atoms with Gasteiger partial charge in [0.1, 0.15) is 6.54 Å². The lowest BCUT2D eigenvalue weighted by Gasteiger charge is -2.16. The molecule has 0 spiro atoms. The monoisotopic (exact) mass is 402 g/mol. The number of nitrogens with zero attached hydrogens (tertiary/aromatic N) is 2. The molecule has 11 heteroatoms. The van der Waals surface area contributed by atoms with E-state index < -0.39 is 24.7 Å². The summed E-state index contributed by atoms with van der Waals surface area (Å²) < 4.78 is 37.5. The summed E-state index contributed by atoms with van der Waals surface area (Å²) in [5.74, 6) is -1.10. The molecule has 0 aliphatic rings. The van der Waals surface area contributed by atoms with Gasteiger partial charge in [-0.25, -0.2) is 9.78 Å². The molecule has 0 unspecified atom stereocenters. The first-order valence-electron chi connectivity index (χ1n) is 7.87. The minimum Gasteiger partial charge on any atom is -0.329 e. The van der Waals surface area contributed by atoms with Crippen LogP contribution in [0.3, 0.4) is 0 Å². The fourth-order valence-electron chi connectivity index (χ4n) is 2.20. The molecule has 7 nitrogen and oxygen atoms in total. The smallest absolute Gasteiger partial charge is 0.329 e. The van der Waals surface area contributed by atoms with Crippen molar-refractivity contribution in [2.24, 2.45) is 0 Å². The van der Waals surface area contributed by atoms with Crippen molar-refractivity contribution in [2.45, 2.75) is 31.2 Å². The van der Waals surface area contributed by atoms with E-state index in [0.29, 0.717) is 10.9 Å². The fourth-order valence-corrected chi connectivity index (χ4v) is 3.13. The molecule has 1 heterocycles. The largest absolute Gasteiger partial charge is 0.405 e. The lowest BCUT2D eigenvalue weighted by molar-refractivity contribution is -0.124. The number of hydrogen-bond acceptors (Lipinski definition) is 5. The summed E-state index contributed by atoms with van der Waals surface area (Å²) in [7, 11) is 0. The zero-order valence-electron chi connectivity index (χ0n) is 14.5. The quantitative estimate of drug-likeness (QED) is 0.592. The molecule has 0 radical (unpaired) electrons. The van der Waals surface area contributed by atoms with Crippen molar-refractivity contribution in [1.82, 2.24) is 20.2 Å². The summed E-state index contributed by atoms with van der Waals surface area (Å²) in [6.45, 7) is 2.03. The SMILES string of the molecule is CC(C)n1c(SCC(=O)NC(=O)NCC(F)(F)F)nc2ccccc2c1=O. The average Bonchev–Trinajstić information content (AvgIpc) is 2.57. The van der Waals surface area contributed by atoms with Crippen molar-refractivity contribution in [3.63, 3.8) is 0 Å². The van der Waals surface area contributed by atoms with Crippen molar-refractivity contribution < 1.29 is 22.8 Å². The number of amides is 3. The fraction of sp³-hybridized carbons (Fsp3) is 0.375. The third-order valence-corrected chi connectivity index (χ3v) is 4.28. The average molecular weight is 402 g/mol. The summed E-state index contributed by atoms with van der Waals surface area (Å²) in [6.07, 6.45) is -4.57. The molecular formula is C16H17F3N4O3S. The normalized spacial score (nSPS) is 11.6. The van der Waals surface area contributed by atoms with Crippen molar-refractivity contribution in [3.8, 4) is 0 Å². The van der Waals surface area contributed by atoms with E-state index in [2.05, 4.69) is 4.98 Å². The molecule has 0 aliphatic heterocycles. The number of para-hydroxylation sites is 1. The Morgan fingerprint density at radius 1 is 1.26 bits per heavy atom. The van der Waals surface area contributed by atoms with E-state index >= 15 is 0 Å². The second-order valence-corrected chi connectivity index (χ2v) is 6.76. The van der Waals surface area contributed by atoms with Crippen LogP contribution in [0.25, 0.3) is 10.9 Å². The number of aromatic nitrogens is 2. The second kappa shape index (κ2) is 8.42. The standard InChI is InChI=1S/C16H17F3N4O3S/c1-9(2)23-13(25)10-5-3-4-6-11(10)21-15(23)27-7-12(24)22-14(26)20-8-16(17,18)19/h3-6,9H,7-8H2,1-2H3,(H2,20,22,24,26). The number of fused-ring (bicyclic) bond motifs is 1. The number of benzene rings is 1. The molecule has 0 saturated heterocycles. The van der Waals surface area contributed by atoms with E-state index in [1.165, 1.54) is 9.88 Å². The zero-order chi connectivity index (χ0) is 20.2. The molecule has 1 aromatic heterocycles. The number of alkyl halides is 3. The Morgan fingerprint density at radius 3 is 2.56 bits per heavy atom. The highest BCUT2D eigenvalue weighted by molar-refractivity contribution is 7.99. The van der Waals surface area contributed by atoms with Crippen LogP contribution < -0.4 is 16.2 Å². The Morgan fingerprint density at radius 2 is 1.93 bits per heavy atom.